The smallest absolute Gasteiger partial charge is 0.344 e. The molecule has 2 aromatic carbocycles. The monoisotopic (exact) mass is 421 g/mol. The predicted molar refractivity (Wildman–Crippen MR) is 108 cm³/mol. The topological polar surface area (TPSA) is 68.4 Å². The van der Waals surface area contributed by atoms with E-state index in [1.54, 1.807) is 14.0 Å². The van der Waals surface area contributed by atoms with Crippen LogP contribution in [0.1, 0.15) is 22.8 Å². The van der Waals surface area contributed by atoms with Crippen molar-refractivity contribution in [1.29, 1.82) is 0 Å². The molecular weight excluding hydrogens is 405 g/mol. The van der Waals surface area contributed by atoms with Gasteiger partial charge in [-0.2, -0.15) is 0 Å². The second kappa shape index (κ2) is 8.67. The number of methoxy groups -OCH3 is 1. The first-order valence-electron chi connectivity index (χ1n) is 8.42. The molecular formula is C20H17ClFNO4S. The first-order valence-corrected chi connectivity index (χ1v) is 9.78. The normalized spacial score (nSPS) is 10.9. The van der Waals surface area contributed by atoms with E-state index in [1.807, 2.05) is 24.3 Å². The molecule has 0 bridgehead atoms. The molecule has 3 rings (SSSR count). The van der Waals surface area contributed by atoms with Crippen molar-refractivity contribution in [2.75, 3.05) is 13.7 Å². The van der Waals surface area contributed by atoms with Gasteiger partial charge in [0.15, 0.2) is 0 Å². The van der Waals surface area contributed by atoms with Crippen molar-refractivity contribution in [2.45, 2.75) is 17.7 Å². The highest BCUT2D eigenvalue weighted by Crippen LogP contribution is 2.28. The average Bonchev–Trinajstić information content (AvgIpc) is 2.68. The average molecular weight is 422 g/mol. The quantitative estimate of drug-likeness (QED) is 0.457. The van der Waals surface area contributed by atoms with E-state index in [-0.39, 0.29) is 22.6 Å². The molecule has 0 unspecified atom stereocenters. The summed E-state index contributed by atoms with van der Waals surface area (Å²) in [6.07, 6.45) is 0. The van der Waals surface area contributed by atoms with E-state index in [0.717, 1.165) is 17.4 Å². The van der Waals surface area contributed by atoms with E-state index in [2.05, 4.69) is 4.98 Å². The number of hydrogen-bond acceptors (Lipinski definition) is 5. The summed E-state index contributed by atoms with van der Waals surface area (Å²) in [4.78, 5) is 28.3. The summed E-state index contributed by atoms with van der Waals surface area (Å²) in [6, 6.07) is 9.79. The molecule has 0 aliphatic rings. The summed E-state index contributed by atoms with van der Waals surface area (Å²) in [6.45, 7) is 1.77. The summed E-state index contributed by atoms with van der Waals surface area (Å²) in [5.74, 6) is -0.254. The van der Waals surface area contributed by atoms with Crippen molar-refractivity contribution in [2.24, 2.45) is 0 Å². The van der Waals surface area contributed by atoms with Gasteiger partial charge in [-0.15, -0.1) is 11.8 Å². The van der Waals surface area contributed by atoms with Gasteiger partial charge in [0, 0.05) is 11.1 Å². The van der Waals surface area contributed by atoms with Crippen LogP contribution >= 0.6 is 23.4 Å². The lowest BCUT2D eigenvalue weighted by Gasteiger charge is -2.11. The van der Waals surface area contributed by atoms with Crippen molar-refractivity contribution < 1.29 is 18.7 Å². The van der Waals surface area contributed by atoms with E-state index in [4.69, 9.17) is 21.1 Å². The Morgan fingerprint density at radius 3 is 2.61 bits per heavy atom. The Kier molecular flexibility index (Phi) is 6.26. The summed E-state index contributed by atoms with van der Waals surface area (Å²) in [5, 5.41) is 0.270. The number of benzene rings is 2. The van der Waals surface area contributed by atoms with Crippen LogP contribution in [-0.4, -0.2) is 24.7 Å². The van der Waals surface area contributed by atoms with Crippen molar-refractivity contribution in [1.82, 2.24) is 4.98 Å². The third kappa shape index (κ3) is 4.15. The Morgan fingerprint density at radius 1 is 1.25 bits per heavy atom. The van der Waals surface area contributed by atoms with Gasteiger partial charge >= 0.3 is 5.97 Å². The van der Waals surface area contributed by atoms with Crippen LogP contribution in [0, 0.1) is 5.82 Å². The molecule has 0 radical (unpaired) electrons. The molecule has 0 spiro atoms. The third-order valence-electron chi connectivity index (χ3n) is 4.03. The van der Waals surface area contributed by atoms with Gasteiger partial charge < -0.3 is 14.5 Å². The van der Waals surface area contributed by atoms with Crippen LogP contribution in [0.15, 0.2) is 46.2 Å². The zero-order chi connectivity index (χ0) is 20.3. The SMILES string of the molecule is CCOC(=O)c1c(SCc2ccc(OC)cc2)[nH]c2cc(Cl)c(F)cc2c1=O. The van der Waals surface area contributed by atoms with Gasteiger partial charge in [0.25, 0.3) is 0 Å². The number of carbonyl (C=O) groups excluding carboxylic acids is 1. The molecule has 0 saturated heterocycles. The number of ether oxygens (including phenoxy) is 2. The first kappa shape index (κ1) is 20.2. The Balaban J connectivity index is 2.04. The number of H-pyrrole nitrogens is 1. The minimum absolute atomic E-state index is 0.0405. The molecule has 0 aliphatic carbocycles. The number of aromatic nitrogens is 1. The number of thioether (sulfide) groups is 1. The van der Waals surface area contributed by atoms with Crippen LogP contribution in [0.5, 0.6) is 5.75 Å². The summed E-state index contributed by atoms with van der Waals surface area (Å²) >= 11 is 7.11. The van der Waals surface area contributed by atoms with E-state index >= 15 is 0 Å². The van der Waals surface area contributed by atoms with Gasteiger partial charge in [-0.3, -0.25) is 4.79 Å². The second-order valence-electron chi connectivity index (χ2n) is 5.83. The molecule has 1 N–H and O–H groups in total. The number of rotatable bonds is 6. The van der Waals surface area contributed by atoms with E-state index < -0.39 is 17.2 Å². The standard InChI is InChI=1S/C20H17ClFNO4S/c1-3-27-20(25)17-18(24)13-8-15(22)14(21)9-16(13)23-19(17)28-10-11-4-6-12(26-2)7-5-11/h4-9H,3,10H2,1-2H3,(H,23,24). The van der Waals surface area contributed by atoms with Crippen LogP contribution < -0.4 is 10.2 Å². The van der Waals surface area contributed by atoms with E-state index in [1.165, 1.54) is 17.8 Å². The Bertz CT molecular complexity index is 1080. The maximum absolute atomic E-state index is 13.8. The van der Waals surface area contributed by atoms with E-state index in [9.17, 15) is 14.0 Å². The van der Waals surface area contributed by atoms with Gasteiger partial charge in [-0.1, -0.05) is 23.7 Å². The number of nitrogens with one attached hydrogen (secondary N) is 1. The molecule has 0 atom stereocenters. The van der Waals surface area contributed by atoms with Crippen LogP contribution in [0.25, 0.3) is 10.9 Å². The minimum atomic E-state index is -0.752. The zero-order valence-corrected chi connectivity index (χ0v) is 16.7. The lowest BCUT2D eigenvalue weighted by molar-refractivity contribution is 0.0520. The number of pyridine rings is 1. The largest absolute Gasteiger partial charge is 0.497 e. The molecule has 0 amide bonds. The predicted octanol–water partition coefficient (Wildman–Crippen LogP) is 4.80. The number of aromatic amines is 1. The Morgan fingerprint density at radius 2 is 1.96 bits per heavy atom. The highest BCUT2D eigenvalue weighted by atomic mass is 35.5. The molecule has 1 aromatic heterocycles. The molecule has 1 heterocycles. The Hall–Kier alpha value is -2.51. The van der Waals surface area contributed by atoms with Crippen molar-refractivity contribution >= 4 is 40.2 Å². The van der Waals surface area contributed by atoms with Gasteiger partial charge in [-0.05, 0) is 36.8 Å². The number of esters is 1. The van der Waals surface area contributed by atoms with Gasteiger partial charge in [-0.25, -0.2) is 9.18 Å². The van der Waals surface area contributed by atoms with Crippen LogP contribution in [0.2, 0.25) is 5.02 Å². The molecule has 0 fully saturated rings. The zero-order valence-electron chi connectivity index (χ0n) is 15.2. The number of fused-ring (bicyclic) bond motifs is 1. The summed E-state index contributed by atoms with van der Waals surface area (Å²) < 4.78 is 24.0. The van der Waals surface area contributed by atoms with Crippen LogP contribution in [0.4, 0.5) is 4.39 Å². The van der Waals surface area contributed by atoms with Gasteiger partial charge in [0.2, 0.25) is 5.43 Å². The number of carbonyl (C=O) groups is 1. The minimum Gasteiger partial charge on any atom is -0.497 e. The van der Waals surface area contributed by atoms with Crippen molar-refractivity contribution in [3.63, 3.8) is 0 Å². The fourth-order valence-corrected chi connectivity index (χ4v) is 3.80. The van der Waals surface area contributed by atoms with Crippen molar-refractivity contribution in [3.8, 4) is 5.75 Å². The molecule has 146 valence electrons. The third-order valence-corrected chi connectivity index (χ3v) is 5.39. The first-order chi connectivity index (χ1) is 13.4. The molecule has 5 nitrogen and oxygen atoms in total. The summed E-state index contributed by atoms with van der Waals surface area (Å²) in [7, 11) is 1.59. The van der Waals surface area contributed by atoms with Crippen LogP contribution in [0.3, 0.4) is 0 Å². The summed E-state index contributed by atoms with van der Waals surface area (Å²) in [5.41, 5.74) is 0.579. The molecule has 8 heteroatoms. The van der Waals surface area contributed by atoms with Crippen molar-refractivity contribution in [3.05, 3.63) is 68.6 Å². The lowest BCUT2D eigenvalue weighted by Crippen LogP contribution is -2.20. The molecule has 0 saturated carbocycles. The fourth-order valence-electron chi connectivity index (χ4n) is 2.63. The second-order valence-corrected chi connectivity index (χ2v) is 7.22. The maximum Gasteiger partial charge on any atom is 0.344 e. The van der Waals surface area contributed by atoms with Gasteiger partial charge in [0.1, 0.15) is 17.1 Å². The molecule has 28 heavy (non-hydrogen) atoms. The molecule has 3 aromatic rings. The molecule has 0 aliphatic heterocycles. The Labute approximate surface area is 169 Å². The lowest BCUT2D eigenvalue weighted by atomic mass is 10.1. The fraction of sp³-hybridized carbons (Fsp3) is 0.200. The number of halogens is 2. The van der Waals surface area contributed by atoms with Gasteiger partial charge in [0.05, 0.1) is 29.3 Å². The van der Waals surface area contributed by atoms with Crippen LogP contribution in [-0.2, 0) is 10.5 Å². The highest BCUT2D eigenvalue weighted by molar-refractivity contribution is 7.98. The highest BCUT2D eigenvalue weighted by Gasteiger charge is 2.21. The van der Waals surface area contributed by atoms with E-state index in [0.29, 0.717) is 16.3 Å². The number of hydrogen-bond donors (Lipinski definition) is 1. The maximum atomic E-state index is 13.8.